The molecule has 5 nitrogen and oxygen atoms in total. The molecule has 0 unspecified atom stereocenters. The molecule has 0 aromatic heterocycles. The highest BCUT2D eigenvalue weighted by molar-refractivity contribution is 9.10. The highest BCUT2D eigenvalue weighted by atomic mass is 79.9. The van der Waals surface area contributed by atoms with Gasteiger partial charge in [0, 0.05) is 23.1 Å². The number of rotatable bonds is 4. The Labute approximate surface area is 159 Å². The first-order chi connectivity index (χ1) is 12.5. The summed E-state index contributed by atoms with van der Waals surface area (Å²) in [6, 6.07) is 8.93. The molecule has 0 aliphatic carbocycles. The summed E-state index contributed by atoms with van der Waals surface area (Å²) >= 11 is 3.27. The summed E-state index contributed by atoms with van der Waals surface area (Å²) in [7, 11) is 0. The van der Waals surface area contributed by atoms with Crippen LogP contribution < -0.4 is 16.0 Å². The van der Waals surface area contributed by atoms with Gasteiger partial charge >= 0.3 is 0 Å². The maximum Gasteiger partial charge on any atom is 0.256 e. The third-order valence-electron chi connectivity index (χ3n) is 4.40. The summed E-state index contributed by atoms with van der Waals surface area (Å²) in [5.41, 5.74) is 7.18. The van der Waals surface area contributed by atoms with Crippen LogP contribution >= 0.6 is 15.9 Å². The highest BCUT2D eigenvalue weighted by Gasteiger charge is 2.19. The van der Waals surface area contributed by atoms with Crippen LogP contribution in [0.1, 0.15) is 40.0 Å². The van der Waals surface area contributed by atoms with Crippen LogP contribution in [-0.4, -0.2) is 24.9 Å². The molecule has 1 aliphatic heterocycles. The molecule has 0 atom stereocenters. The first-order valence-corrected chi connectivity index (χ1v) is 9.20. The summed E-state index contributed by atoms with van der Waals surface area (Å²) in [6.07, 6.45) is 3.31. The van der Waals surface area contributed by atoms with Crippen molar-refractivity contribution in [3.05, 3.63) is 57.8 Å². The Kier molecular flexibility index (Phi) is 5.56. The predicted octanol–water partition coefficient (Wildman–Crippen LogP) is 3.93. The SMILES string of the molecule is NC(=O)c1ccc(N2CCCCC2)c(NC(=O)c2cc(F)ccc2Br)c1. The lowest BCUT2D eigenvalue weighted by atomic mass is 10.1. The van der Waals surface area contributed by atoms with E-state index < -0.39 is 17.6 Å². The van der Waals surface area contributed by atoms with Crippen LogP contribution in [0.2, 0.25) is 0 Å². The van der Waals surface area contributed by atoms with Crippen LogP contribution in [0.3, 0.4) is 0 Å². The molecule has 1 fully saturated rings. The monoisotopic (exact) mass is 419 g/mol. The van der Waals surface area contributed by atoms with Crippen molar-refractivity contribution in [3.8, 4) is 0 Å². The molecule has 3 rings (SSSR count). The van der Waals surface area contributed by atoms with Gasteiger partial charge in [-0.1, -0.05) is 0 Å². The lowest BCUT2D eigenvalue weighted by Crippen LogP contribution is -2.30. The van der Waals surface area contributed by atoms with Crippen LogP contribution in [0.4, 0.5) is 15.8 Å². The fourth-order valence-electron chi connectivity index (χ4n) is 3.06. The zero-order chi connectivity index (χ0) is 18.7. The quantitative estimate of drug-likeness (QED) is 0.787. The Morgan fingerprint density at radius 1 is 1.08 bits per heavy atom. The van der Waals surface area contributed by atoms with E-state index in [0.29, 0.717) is 15.7 Å². The van der Waals surface area contributed by atoms with Gasteiger partial charge in [0.05, 0.1) is 16.9 Å². The standard InChI is InChI=1S/C19H19BrFN3O2/c20-15-6-5-13(21)11-14(15)19(26)23-16-10-12(18(22)25)4-7-17(16)24-8-2-1-3-9-24/h4-7,10-11H,1-3,8-9H2,(H2,22,25)(H,23,26). The van der Waals surface area contributed by atoms with Gasteiger partial charge in [-0.15, -0.1) is 0 Å². The number of carbonyl (C=O) groups excluding carboxylic acids is 2. The summed E-state index contributed by atoms with van der Waals surface area (Å²) in [6.45, 7) is 1.75. The van der Waals surface area contributed by atoms with Gasteiger partial charge in [-0.25, -0.2) is 4.39 Å². The van der Waals surface area contributed by atoms with Crippen molar-refractivity contribution < 1.29 is 14.0 Å². The first kappa shape index (κ1) is 18.4. The minimum atomic E-state index is -0.572. The molecule has 1 heterocycles. The van der Waals surface area contributed by atoms with Gasteiger partial charge in [0.15, 0.2) is 0 Å². The van der Waals surface area contributed by atoms with E-state index in [4.69, 9.17) is 5.73 Å². The third-order valence-corrected chi connectivity index (χ3v) is 5.09. The van der Waals surface area contributed by atoms with E-state index in [9.17, 15) is 14.0 Å². The fourth-order valence-corrected chi connectivity index (χ4v) is 3.49. The van der Waals surface area contributed by atoms with Gasteiger partial charge in [-0.05, 0) is 71.6 Å². The largest absolute Gasteiger partial charge is 0.370 e. The summed E-state index contributed by atoms with van der Waals surface area (Å²) in [5, 5.41) is 2.80. The minimum absolute atomic E-state index is 0.180. The Bertz CT molecular complexity index is 851. The minimum Gasteiger partial charge on any atom is -0.370 e. The van der Waals surface area contributed by atoms with Crippen LogP contribution in [0.15, 0.2) is 40.9 Å². The molecule has 0 bridgehead atoms. The molecule has 26 heavy (non-hydrogen) atoms. The van der Waals surface area contributed by atoms with Gasteiger partial charge in [-0.3, -0.25) is 9.59 Å². The van der Waals surface area contributed by atoms with Crippen molar-refractivity contribution in [1.29, 1.82) is 0 Å². The number of carbonyl (C=O) groups is 2. The summed E-state index contributed by atoms with van der Waals surface area (Å²) in [4.78, 5) is 26.4. The predicted molar refractivity (Wildman–Crippen MR) is 103 cm³/mol. The molecular formula is C19H19BrFN3O2. The molecular weight excluding hydrogens is 401 g/mol. The summed E-state index contributed by atoms with van der Waals surface area (Å²) in [5.74, 6) is -1.53. The Balaban J connectivity index is 1.95. The van der Waals surface area contributed by atoms with Crippen LogP contribution in [-0.2, 0) is 0 Å². The van der Waals surface area contributed by atoms with E-state index >= 15 is 0 Å². The van der Waals surface area contributed by atoms with Crippen molar-refractivity contribution in [2.24, 2.45) is 5.73 Å². The average molecular weight is 420 g/mol. The number of benzene rings is 2. The number of primary amides is 1. The van der Waals surface area contributed by atoms with E-state index in [1.165, 1.54) is 18.6 Å². The third kappa shape index (κ3) is 4.04. The zero-order valence-corrected chi connectivity index (χ0v) is 15.7. The molecule has 136 valence electrons. The topological polar surface area (TPSA) is 75.4 Å². The average Bonchev–Trinajstić information content (AvgIpc) is 2.64. The Morgan fingerprint density at radius 3 is 2.50 bits per heavy atom. The van der Waals surface area contributed by atoms with Crippen molar-refractivity contribution in [2.45, 2.75) is 19.3 Å². The molecule has 0 saturated carbocycles. The molecule has 2 amide bonds. The molecule has 0 spiro atoms. The van der Waals surface area contributed by atoms with Gasteiger partial charge < -0.3 is 16.0 Å². The number of nitrogens with zero attached hydrogens (tertiary/aromatic N) is 1. The second-order valence-corrected chi connectivity index (χ2v) is 7.08. The number of anilines is 2. The van der Waals surface area contributed by atoms with Gasteiger partial charge in [0.1, 0.15) is 5.82 Å². The van der Waals surface area contributed by atoms with Crippen LogP contribution in [0, 0.1) is 5.82 Å². The maximum atomic E-state index is 13.5. The first-order valence-electron chi connectivity index (χ1n) is 8.41. The number of hydrogen-bond donors (Lipinski definition) is 2. The Hall–Kier alpha value is -2.41. The van der Waals surface area contributed by atoms with Crippen molar-refractivity contribution in [3.63, 3.8) is 0 Å². The lowest BCUT2D eigenvalue weighted by molar-refractivity contribution is 0.0996. The van der Waals surface area contributed by atoms with Gasteiger partial charge in [0.2, 0.25) is 5.91 Å². The van der Waals surface area contributed by atoms with E-state index in [2.05, 4.69) is 26.1 Å². The van der Waals surface area contributed by atoms with E-state index in [1.54, 1.807) is 18.2 Å². The molecule has 0 radical (unpaired) electrons. The number of piperidine rings is 1. The number of amides is 2. The maximum absolute atomic E-state index is 13.5. The fraction of sp³-hybridized carbons (Fsp3) is 0.263. The number of nitrogens with two attached hydrogens (primary N) is 1. The second-order valence-electron chi connectivity index (χ2n) is 6.22. The molecule has 2 aromatic carbocycles. The number of nitrogens with one attached hydrogen (secondary N) is 1. The lowest BCUT2D eigenvalue weighted by Gasteiger charge is -2.30. The summed E-state index contributed by atoms with van der Waals surface area (Å²) < 4.78 is 14.0. The van der Waals surface area contributed by atoms with Crippen LogP contribution in [0.5, 0.6) is 0 Å². The van der Waals surface area contributed by atoms with Crippen molar-refractivity contribution in [1.82, 2.24) is 0 Å². The van der Waals surface area contributed by atoms with Crippen molar-refractivity contribution >= 4 is 39.1 Å². The normalized spacial score (nSPS) is 14.2. The number of halogens is 2. The van der Waals surface area contributed by atoms with E-state index in [-0.39, 0.29) is 5.56 Å². The molecule has 3 N–H and O–H groups in total. The molecule has 7 heteroatoms. The smallest absolute Gasteiger partial charge is 0.256 e. The number of hydrogen-bond acceptors (Lipinski definition) is 3. The van der Waals surface area contributed by atoms with E-state index in [1.807, 2.05) is 0 Å². The molecule has 2 aromatic rings. The molecule has 1 saturated heterocycles. The van der Waals surface area contributed by atoms with Crippen molar-refractivity contribution in [2.75, 3.05) is 23.3 Å². The zero-order valence-electron chi connectivity index (χ0n) is 14.1. The van der Waals surface area contributed by atoms with Gasteiger partial charge in [0.25, 0.3) is 5.91 Å². The molecule has 1 aliphatic rings. The second kappa shape index (κ2) is 7.86. The Morgan fingerprint density at radius 2 is 1.81 bits per heavy atom. The van der Waals surface area contributed by atoms with Crippen LogP contribution in [0.25, 0.3) is 0 Å². The van der Waals surface area contributed by atoms with E-state index in [0.717, 1.165) is 37.7 Å². The highest BCUT2D eigenvalue weighted by Crippen LogP contribution is 2.30. The van der Waals surface area contributed by atoms with Gasteiger partial charge in [-0.2, -0.15) is 0 Å².